The van der Waals surface area contributed by atoms with Crippen molar-refractivity contribution in [1.29, 1.82) is 0 Å². The number of pyridine rings is 1. The summed E-state index contributed by atoms with van der Waals surface area (Å²) < 4.78 is 2.05. The van der Waals surface area contributed by atoms with Crippen LogP contribution in [0.3, 0.4) is 0 Å². The Morgan fingerprint density at radius 3 is 3.00 bits per heavy atom. The number of hydrogen-bond acceptors (Lipinski definition) is 3. The molecule has 0 saturated carbocycles. The normalized spacial score (nSPS) is 10.9. The average Bonchev–Trinajstić information content (AvgIpc) is 2.74. The van der Waals surface area contributed by atoms with Gasteiger partial charge in [0.1, 0.15) is 5.65 Å². The SMILES string of the molecule is CCN(C)C(=O)CNCc1c(C)nc2ccccn12. The van der Waals surface area contributed by atoms with Gasteiger partial charge >= 0.3 is 0 Å². The third-order valence-electron chi connectivity index (χ3n) is 3.30. The van der Waals surface area contributed by atoms with Crippen molar-refractivity contribution < 1.29 is 4.79 Å². The highest BCUT2D eigenvalue weighted by Crippen LogP contribution is 2.11. The molecule has 0 aliphatic rings. The third-order valence-corrected chi connectivity index (χ3v) is 3.30. The van der Waals surface area contributed by atoms with E-state index in [4.69, 9.17) is 0 Å². The van der Waals surface area contributed by atoms with E-state index in [0.717, 1.165) is 23.6 Å². The highest BCUT2D eigenvalue weighted by atomic mass is 16.2. The molecule has 5 nitrogen and oxygen atoms in total. The van der Waals surface area contributed by atoms with Crippen molar-refractivity contribution >= 4 is 11.6 Å². The van der Waals surface area contributed by atoms with E-state index in [2.05, 4.69) is 14.7 Å². The van der Waals surface area contributed by atoms with E-state index in [0.29, 0.717) is 13.1 Å². The lowest BCUT2D eigenvalue weighted by Gasteiger charge is -2.14. The Balaban J connectivity index is 2.02. The number of rotatable bonds is 5. The summed E-state index contributed by atoms with van der Waals surface area (Å²) in [5.41, 5.74) is 3.03. The number of nitrogens with one attached hydrogen (secondary N) is 1. The van der Waals surface area contributed by atoms with Gasteiger partial charge in [-0.2, -0.15) is 0 Å². The van der Waals surface area contributed by atoms with Gasteiger partial charge in [-0.1, -0.05) is 6.07 Å². The molecule has 0 fully saturated rings. The first-order valence-corrected chi connectivity index (χ1v) is 6.50. The standard InChI is InChI=1S/C14H20N4O/c1-4-17(3)14(19)10-15-9-12-11(2)16-13-7-5-6-8-18(12)13/h5-8,15H,4,9-10H2,1-3H3. The maximum absolute atomic E-state index is 11.7. The van der Waals surface area contributed by atoms with Gasteiger partial charge < -0.3 is 14.6 Å². The quantitative estimate of drug-likeness (QED) is 0.879. The van der Waals surface area contributed by atoms with Gasteiger partial charge in [0.15, 0.2) is 0 Å². The number of nitrogens with zero attached hydrogens (tertiary/aromatic N) is 3. The zero-order chi connectivity index (χ0) is 13.8. The van der Waals surface area contributed by atoms with Crippen LogP contribution in [-0.4, -0.2) is 40.3 Å². The highest BCUT2D eigenvalue weighted by molar-refractivity contribution is 5.77. The lowest BCUT2D eigenvalue weighted by Crippen LogP contribution is -2.35. The molecule has 0 saturated heterocycles. The van der Waals surface area contributed by atoms with Gasteiger partial charge in [-0.15, -0.1) is 0 Å². The molecule has 1 N–H and O–H groups in total. The second kappa shape index (κ2) is 5.84. The van der Waals surface area contributed by atoms with E-state index in [9.17, 15) is 4.79 Å². The van der Waals surface area contributed by atoms with E-state index in [1.807, 2.05) is 45.3 Å². The van der Waals surface area contributed by atoms with Crippen molar-refractivity contribution in [3.8, 4) is 0 Å². The second-order valence-corrected chi connectivity index (χ2v) is 4.58. The molecule has 0 unspecified atom stereocenters. The van der Waals surface area contributed by atoms with E-state index in [1.165, 1.54) is 0 Å². The van der Waals surface area contributed by atoms with Crippen molar-refractivity contribution in [2.75, 3.05) is 20.1 Å². The fraction of sp³-hybridized carbons (Fsp3) is 0.429. The number of imidazole rings is 1. The first-order valence-electron chi connectivity index (χ1n) is 6.50. The smallest absolute Gasteiger partial charge is 0.236 e. The topological polar surface area (TPSA) is 49.6 Å². The van der Waals surface area contributed by atoms with Gasteiger partial charge in [0.05, 0.1) is 17.9 Å². The maximum Gasteiger partial charge on any atom is 0.236 e. The van der Waals surface area contributed by atoms with Crippen LogP contribution in [0.4, 0.5) is 0 Å². The van der Waals surface area contributed by atoms with E-state index in [1.54, 1.807) is 4.90 Å². The minimum Gasteiger partial charge on any atom is -0.345 e. The summed E-state index contributed by atoms with van der Waals surface area (Å²) in [6.45, 7) is 5.68. The monoisotopic (exact) mass is 260 g/mol. The molecule has 0 aromatic carbocycles. The largest absolute Gasteiger partial charge is 0.345 e. The van der Waals surface area contributed by atoms with Gasteiger partial charge in [-0.25, -0.2) is 4.98 Å². The summed E-state index contributed by atoms with van der Waals surface area (Å²) in [4.78, 5) is 17.9. The van der Waals surface area contributed by atoms with Gasteiger partial charge in [-0.3, -0.25) is 4.79 Å². The van der Waals surface area contributed by atoms with E-state index >= 15 is 0 Å². The number of carbonyl (C=O) groups is 1. The molecule has 1 amide bonds. The van der Waals surface area contributed by atoms with Crippen LogP contribution < -0.4 is 5.32 Å². The molecule has 0 radical (unpaired) electrons. The summed E-state index contributed by atoms with van der Waals surface area (Å²) in [5, 5.41) is 3.18. The zero-order valence-corrected chi connectivity index (χ0v) is 11.7. The van der Waals surface area contributed by atoms with Crippen LogP contribution in [0.1, 0.15) is 18.3 Å². The Hall–Kier alpha value is -1.88. The molecule has 19 heavy (non-hydrogen) atoms. The minimum atomic E-state index is 0.106. The second-order valence-electron chi connectivity index (χ2n) is 4.58. The summed E-state index contributed by atoms with van der Waals surface area (Å²) in [6, 6.07) is 5.93. The van der Waals surface area contributed by atoms with Crippen LogP contribution in [0.5, 0.6) is 0 Å². The Labute approximate surface area is 113 Å². The van der Waals surface area contributed by atoms with Crippen molar-refractivity contribution in [1.82, 2.24) is 19.6 Å². The summed E-state index contributed by atoms with van der Waals surface area (Å²) >= 11 is 0. The Morgan fingerprint density at radius 1 is 1.47 bits per heavy atom. The van der Waals surface area contributed by atoms with Gasteiger partial charge in [-0.05, 0) is 26.0 Å². The molecule has 2 rings (SSSR count). The highest BCUT2D eigenvalue weighted by Gasteiger charge is 2.09. The van der Waals surface area contributed by atoms with E-state index < -0.39 is 0 Å². The molecule has 2 aromatic rings. The van der Waals surface area contributed by atoms with Crippen molar-refractivity contribution in [3.05, 3.63) is 35.8 Å². The molecule has 0 atom stereocenters. The zero-order valence-electron chi connectivity index (χ0n) is 11.7. The predicted octanol–water partition coefficient (Wildman–Crippen LogP) is 1.21. The van der Waals surface area contributed by atoms with Gasteiger partial charge in [0, 0.05) is 26.3 Å². The van der Waals surface area contributed by atoms with Crippen LogP contribution in [-0.2, 0) is 11.3 Å². The Bertz CT molecular complexity index is 576. The molecule has 0 aliphatic heterocycles. The molecule has 5 heteroatoms. The molecular formula is C14H20N4O. The lowest BCUT2D eigenvalue weighted by molar-refractivity contribution is -0.128. The van der Waals surface area contributed by atoms with Crippen LogP contribution in [0.15, 0.2) is 24.4 Å². The average molecular weight is 260 g/mol. The first-order chi connectivity index (χ1) is 9.13. The molecule has 102 valence electrons. The molecule has 0 bridgehead atoms. The first kappa shape index (κ1) is 13.5. The summed E-state index contributed by atoms with van der Waals surface area (Å²) in [5.74, 6) is 0.106. The predicted molar refractivity (Wildman–Crippen MR) is 74.9 cm³/mol. The number of likely N-dealkylation sites (N-methyl/N-ethyl adjacent to an activating group) is 1. The minimum absolute atomic E-state index is 0.106. The van der Waals surface area contributed by atoms with Crippen LogP contribution in [0.2, 0.25) is 0 Å². The number of amides is 1. The molecule has 2 aromatic heterocycles. The van der Waals surface area contributed by atoms with Crippen LogP contribution in [0, 0.1) is 6.92 Å². The van der Waals surface area contributed by atoms with Gasteiger partial charge in [0.25, 0.3) is 0 Å². The fourth-order valence-corrected chi connectivity index (χ4v) is 1.98. The summed E-state index contributed by atoms with van der Waals surface area (Å²) in [6.07, 6.45) is 1.99. The number of aromatic nitrogens is 2. The van der Waals surface area contributed by atoms with Gasteiger partial charge in [0.2, 0.25) is 5.91 Å². The number of hydrogen-bond donors (Lipinski definition) is 1. The number of fused-ring (bicyclic) bond motifs is 1. The van der Waals surface area contributed by atoms with Crippen molar-refractivity contribution in [2.45, 2.75) is 20.4 Å². The molecule has 0 aliphatic carbocycles. The van der Waals surface area contributed by atoms with Crippen LogP contribution in [0.25, 0.3) is 5.65 Å². The number of aryl methyl sites for hydroxylation is 1. The lowest BCUT2D eigenvalue weighted by atomic mass is 10.3. The fourth-order valence-electron chi connectivity index (χ4n) is 1.98. The maximum atomic E-state index is 11.7. The molecule has 0 spiro atoms. The molecular weight excluding hydrogens is 240 g/mol. The van der Waals surface area contributed by atoms with Crippen molar-refractivity contribution in [2.24, 2.45) is 0 Å². The molecule has 2 heterocycles. The van der Waals surface area contributed by atoms with Crippen LogP contribution >= 0.6 is 0 Å². The Kier molecular flexibility index (Phi) is 4.16. The van der Waals surface area contributed by atoms with Crippen molar-refractivity contribution in [3.63, 3.8) is 0 Å². The Morgan fingerprint density at radius 2 is 2.26 bits per heavy atom. The van der Waals surface area contributed by atoms with E-state index in [-0.39, 0.29) is 5.91 Å². The third kappa shape index (κ3) is 2.93. The summed E-state index contributed by atoms with van der Waals surface area (Å²) in [7, 11) is 1.81. The number of carbonyl (C=O) groups excluding carboxylic acids is 1.